The van der Waals surface area contributed by atoms with Gasteiger partial charge in [0, 0.05) is 11.6 Å². The Bertz CT molecular complexity index is 531. The molecule has 3 nitrogen and oxygen atoms in total. The molecule has 1 aliphatic rings. The van der Waals surface area contributed by atoms with Crippen LogP contribution in [0.15, 0.2) is 18.2 Å². The summed E-state index contributed by atoms with van der Waals surface area (Å²) < 4.78 is 5.79. The Hall–Kier alpha value is -1.51. The molecule has 1 N–H and O–H groups in total. The predicted octanol–water partition coefficient (Wildman–Crippen LogP) is 4.74. The fourth-order valence-electron chi connectivity index (χ4n) is 3.20. The van der Waals surface area contributed by atoms with Crippen LogP contribution < -0.4 is 10.1 Å². The van der Waals surface area contributed by atoms with Gasteiger partial charge in [0.2, 0.25) is 0 Å². The van der Waals surface area contributed by atoms with Gasteiger partial charge in [-0.15, -0.1) is 0 Å². The summed E-state index contributed by atoms with van der Waals surface area (Å²) in [4.78, 5) is 12.4. The molecular formula is C20H31NO2. The highest BCUT2D eigenvalue weighted by atomic mass is 16.5. The molecule has 3 heteroatoms. The van der Waals surface area contributed by atoms with Crippen molar-refractivity contribution < 1.29 is 9.53 Å². The van der Waals surface area contributed by atoms with Crippen LogP contribution in [0.3, 0.4) is 0 Å². The van der Waals surface area contributed by atoms with E-state index in [4.69, 9.17) is 4.74 Å². The molecule has 1 amide bonds. The minimum atomic E-state index is 0.0388. The third kappa shape index (κ3) is 5.56. The highest BCUT2D eigenvalue weighted by molar-refractivity contribution is 5.97. The van der Waals surface area contributed by atoms with E-state index in [1.54, 1.807) is 0 Å². The van der Waals surface area contributed by atoms with E-state index in [1.807, 2.05) is 12.1 Å². The quantitative estimate of drug-likeness (QED) is 0.738. The zero-order chi connectivity index (χ0) is 16.9. The second kappa shape index (κ2) is 7.85. The maximum Gasteiger partial charge on any atom is 0.251 e. The van der Waals surface area contributed by atoms with E-state index in [2.05, 4.69) is 39.1 Å². The Morgan fingerprint density at radius 2 is 2.00 bits per heavy atom. The van der Waals surface area contributed by atoms with Crippen LogP contribution in [0.2, 0.25) is 0 Å². The molecule has 1 aromatic carbocycles. The van der Waals surface area contributed by atoms with Crippen LogP contribution in [0.25, 0.3) is 0 Å². The third-order valence-electron chi connectivity index (χ3n) is 4.25. The van der Waals surface area contributed by atoms with Crippen LogP contribution in [0.4, 0.5) is 0 Å². The van der Waals surface area contributed by atoms with E-state index in [1.165, 1.54) is 19.3 Å². The van der Waals surface area contributed by atoms with Crippen molar-refractivity contribution in [1.29, 1.82) is 0 Å². The molecule has 1 unspecified atom stereocenters. The lowest BCUT2D eigenvalue weighted by Gasteiger charge is -2.31. The van der Waals surface area contributed by atoms with Crippen molar-refractivity contribution in [3.8, 4) is 5.75 Å². The summed E-state index contributed by atoms with van der Waals surface area (Å²) >= 11 is 0. The molecule has 128 valence electrons. The van der Waals surface area contributed by atoms with Gasteiger partial charge >= 0.3 is 0 Å². The van der Waals surface area contributed by atoms with E-state index >= 15 is 0 Å². The fourth-order valence-corrected chi connectivity index (χ4v) is 3.20. The van der Waals surface area contributed by atoms with Gasteiger partial charge < -0.3 is 10.1 Å². The molecule has 0 saturated heterocycles. The number of carbonyl (C=O) groups excluding carboxylic acids is 1. The minimum Gasteiger partial charge on any atom is -0.494 e. The van der Waals surface area contributed by atoms with Crippen LogP contribution in [-0.2, 0) is 6.42 Å². The average molecular weight is 317 g/mol. The van der Waals surface area contributed by atoms with Crippen LogP contribution in [-0.4, -0.2) is 18.6 Å². The number of carbonyl (C=O) groups is 1. The Balaban J connectivity index is 1.96. The maximum absolute atomic E-state index is 12.4. The lowest BCUT2D eigenvalue weighted by Crippen LogP contribution is -2.43. The monoisotopic (exact) mass is 317 g/mol. The molecule has 2 rings (SSSR count). The Kier molecular flexibility index (Phi) is 6.09. The minimum absolute atomic E-state index is 0.0388. The molecule has 0 bridgehead atoms. The Morgan fingerprint density at radius 3 is 2.70 bits per heavy atom. The smallest absolute Gasteiger partial charge is 0.251 e. The van der Waals surface area contributed by atoms with Gasteiger partial charge in [0.05, 0.1) is 6.61 Å². The van der Waals surface area contributed by atoms with Crippen LogP contribution in [0, 0.1) is 5.41 Å². The van der Waals surface area contributed by atoms with E-state index in [-0.39, 0.29) is 17.4 Å². The number of hydrogen-bond donors (Lipinski definition) is 1. The molecule has 0 fully saturated rings. The molecular weight excluding hydrogens is 286 g/mol. The zero-order valence-electron chi connectivity index (χ0n) is 15.1. The van der Waals surface area contributed by atoms with Crippen LogP contribution in [0.1, 0.15) is 75.7 Å². The number of ether oxygens (including phenoxy) is 1. The predicted molar refractivity (Wildman–Crippen MR) is 95.1 cm³/mol. The second-order valence-electron chi connectivity index (χ2n) is 7.87. The van der Waals surface area contributed by atoms with Gasteiger partial charge in [0.1, 0.15) is 5.75 Å². The maximum atomic E-state index is 12.4. The molecule has 0 saturated carbocycles. The number of nitrogens with one attached hydrogen (secondary N) is 1. The van der Waals surface area contributed by atoms with Gasteiger partial charge in [0.25, 0.3) is 5.91 Å². The average Bonchev–Trinajstić information content (AvgIpc) is 2.46. The van der Waals surface area contributed by atoms with Gasteiger partial charge in [-0.1, -0.05) is 53.0 Å². The van der Waals surface area contributed by atoms with E-state index in [9.17, 15) is 4.79 Å². The zero-order valence-corrected chi connectivity index (χ0v) is 15.1. The number of amides is 1. The standard InChI is InChI=1S/C20H31NO2/c1-5-6-7-8-11-23-17-10-9-15-12-16(14-20(2,3)4)21-19(22)18(15)13-17/h9-10,13,16H,5-8,11-12,14H2,1-4H3,(H,21,22). The van der Waals surface area contributed by atoms with Gasteiger partial charge in [-0.2, -0.15) is 0 Å². The first-order chi connectivity index (χ1) is 10.9. The summed E-state index contributed by atoms with van der Waals surface area (Å²) in [7, 11) is 0. The molecule has 0 radical (unpaired) electrons. The van der Waals surface area contributed by atoms with Crippen molar-refractivity contribution >= 4 is 5.91 Å². The van der Waals surface area contributed by atoms with E-state index < -0.39 is 0 Å². The largest absolute Gasteiger partial charge is 0.494 e. The van der Waals surface area contributed by atoms with Crippen molar-refractivity contribution in [1.82, 2.24) is 5.32 Å². The van der Waals surface area contributed by atoms with Crippen LogP contribution >= 0.6 is 0 Å². The lowest BCUT2D eigenvalue weighted by atomic mass is 9.83. The fraction of sp³-hybridized carbons (Fsp3) is 0.650. The van der Waals surface area contributed by atoms with Crippen molar-refractivity contribution in [3.05, 3.63) is 29.3 Å². The first kappa shape index (κ1) is 17.8. The Morgan fingerprint density at radius 1 is 1.22 bits per heavy atom. The molecule has 1 aliphatic heterocycles. The number of hydrogen-bond acceptors (Lipinski definition) is 2. The molecule has 0 aromatic heterocycles. The lowest BCUT2D eigenvalue weighted by molar-refractivity contribution is 0.0912. The number of rotatable bonds is 7. The van der Waals surface area contributed by atoms with Crippen molar-refractivity contribution in [2.24, 2.45) is 5.41 Å². The summed E-state index contributed by atoms with van der Waals surface area (Å²) in [5.41, 5.74) is 2.14. The first-order valence-electron chi connectivity index (χ1n) is 8.95. The summed E-state index contributed by atoms with van der Waals surface area (Å²) in [6.07, 6.45) is 6.67. The normalized spacial score (nSPS) is 17.6. The van der Waals surface area contributed by atoms with E-state index in [0.29, 0.717) is 0 Å². The number of fused-ring (bicyclic) bond motifs is 1. The SMILES string of the molecule is CCCCCCOc1ccc2c(c1)C(=O)NC(CC(C)(C)C)C2. The topological polar surface area (TPSA) is 38.3 Å². The number of benzene rings is 1. The van der Waals surface area contributed by atoms with Crippen molar-refractivity contribution in [2.75, 3.05) is 6.61 Å². The molecule has 1 aromatic rings. The molecule has 1 atom stereocenters. The molecule has 1 heterocycles. The summed E-state index contributed by atoms with van der Waals surface area (Å²) in [6, 6.07) is 6.20. The highest BCUT2D eigenvalue weighted by Gasteiger charge is 2.27. The van der Waals surface area contributed by atoms with Gasteiger partial charge in [0.15, 0.2) is 0 Å². The van der Waals surface area contributed by atoms with Crippen LogP contribution in [0.5, 0.6) is 5.75 Å². The summed E-state index contributed by atoms with van der Waals surface area (Å²) in [6.45, 7) is 9.57. The molecule has 0 aliphatic carbocycles. The Labute approximate surface area is 140 Å². The first-order valence-corrected chi connectivity index (χ1v) is 8.95. The van der Waals surface area contributed by atoms with Gasteiger partial charge in [-0.3, -0.25) is 4.79 Å². The molecule has 0 spiro atoms. The third-order valence-corrected chi connectivity index (χ3v) is 4.25. The van der Waals surface area contributed by atoms with E-state index in [0.717, 1.165) is 42.7 Å². The van der Waals surface area contributed by atoms with Gasteiger partial charge in [-0.25, -0.2) is 0 Å². The van der Waals surface area contributed by atoms with Crippen molar-refractivity contribution in [2.45, 2.75) is 72.3 Å². The highest BCUT2D eigenvalue weighted by Crippen LogP contribution is 2.28. The number of unbranched alkanes of at least 4 members (excludes halogenated alkanes) is 3. The second-order valence-corrected chi connectivity index (χ2v) is 7.87. The van der Waals surface area contributed by atoms with Gasteiger partial charge in [-0.05, 0) is 42.4 Å². The molecule has 23 heavy (non-hydrogen) atoms. The summed E-state index contributed by atoms with van der Waals surface area (Å²) in [5, 5.41) is 3.15. The summed E-state index contributed by atoms with van der Waals surface area (Å²) in [5.74, 6) is 0.849. The van der Waals surface area contributed by atoms with Crippen molar-refractivity contribution in [3.63, 3.8) is 0 Å².